The van der Waals surface area contributed by atoms with E-state index in [1.54, 1.807) is 12.1 Å². The van der Waals surface area contributed by atoms with E-state index in [0.29, 0.717) is 23.5 Å². The number of nitrogens with two attached hydrogens (primary N) is 1. The van der Waals surface area contributed by atoms with Gasteiger partial charge in [0.25, 0.3) is 0 Å². The Hall–Kier alpha value is -2.58. The maximum Gasteiger partial charge on any atom is 0.329 e. The number of fused-ring (bicyclic) bond motifs is 5. The van der Waals surface area contributed by atoms with Gasteiger partial charge in [-0.2, -0.15) is 0 Å². The fraction of sp³-hybridized carbons (Fsp3) is 0.552. The second-order valence-corrected chi connectivity index (χ2v) is 13.3. The number of hydrogen-bond donors (Lipinski definition) is 2. The molecule has 37 heavy (non-hydrogen) atoms. The lowest BCUT2D eigenvalue weighted by Crippen LogP contribution is -2.47. The molecule has 198 valence electrons. The molecule has 6 atom stereocenters. The molecule has 0 amide bonds. The van der Waals surface area contributed by atoms with E-state index in [9.17, 15) is 18.3 Å². The normalized spacial score (nSPS) is 32.9. The predicted octanol–water partition coefficient (Wildman–Crippen LogP) is 4.48. The molecule has 7 nitrogen and oxygen atoms in total. The maximum absolute atomic E-state index is 13.5. The second-order valence-electron chi connectivity index (χ2n) is 11.7. The largest absolute Gasteiger partial charge is 0.508 e. The van der Waals surface area contributed by atoms with Crippen molar-refractivity contribution in [2.75, 3.05) is 11.4 Å². The number of primary sulfonamides is 1. The fourth-order valence-electron chi connectivity index (χ4n) is 8.08. The summed E-state index contributed by atoms with van der Waals surface area (Å²) >= 11 is 0. The number of phenols is 1. The molecule has 8 heteroatoms. The SMILES string of the molecule is C[C@]12CC[C@@H]3c4ccc(O)cc4CC[C@H]3[C@@H]1CC[C@@H]2OC(=O)[C@@H]1CCCN1c1ccc(S(N)(=O)=O)cc1. The zero-order valence-corrected chi connectivity index (χ0v) is 22.1. The van der Waals surface area contributed by atoms with E-state index in [0.717, 1.165) is 63.6 Å². The van der Waals surface area contributed by atoms with E-state index in [4.69, 9.17) is 9.88 Å². The third kappa shape index (κ3) is 4.22. The Labute approximate surface area is 219 Å². The predicted molar refractivity (Wildman–Crippen MR) is 141 cm³/mol. The van der Waals surface area contributed by atoms with E-state index in [1.165, 1.54) is 23.3 Å². The van der Waals surface area contributed by atoms with Crippen LogP contribution in [0.1, 0.15) is 68.9 Å². The molecule has 2 aromatic carbocycles. The third-order valence-corrected chi connectivity index (χ3v) is 10.8. The van der Waals surface area contributed by atoms with Crippen LogP contribution in [0.15, 0.2) is 47.4 Å². The van der Waals surface area contributed by atoms with Gasteiger partial charge in [-0.15, -0.1) is 0 Å². The molecule has 4 aliphatic rings. The summed E-state index contributed by atoms with van der Waals surface area (Å²) in [5.74, 6) is 1.86. The van der Waals surface area contributed by atoms with Gasteiger partial charge in [-0.3, -0.25) is 0 Å². The van der Waals surface area contributed by atoms with E-state index in [1.807, 2.05) is 17.0 Å². The van der Waals surface area contributed by atoms with Gasteiger partial charge in [0, 0.05) is 17.6 Å². The van der Waals surface area contributed by atoms with Gasteiger partial charge in [0.2, 0.25) is 10.0 Å². The molecule has 0 aromatic heterocycles. The minimum absolute atomic E-state index is 0.00812. The van der Waals surface area contributed by atoms with Gasteiger partial charge in [-0.25, -0.2) is 18.4 Å². The standard InChI is InChI=1S/C29H36N2O5S/c1-29-15-14-23-22-11-7-20(32)17-18(22)4-10-24(23)25(29)12-13-27(29)36-28(33)26-3-2-16-31(26)19-5-8-21(9-6-19)37(30,34)35/h5-9,11,17,23-27,32H,2-4,10,12-16H2,1H3,(H2,30,34,35)/t23-,24-,25+,26+,27+,29+/m1/s1. The van der Waals surface area contributed by atoms with Crippen molar-refractivity contribution >= 4 is 21.7 Å². The number of hydrogen-bond acceptors (Lipinski definition) is 6. The number of sulfonamides is 1. The lowest BCUT2D eigenvalue weighted by molar-refractivity contribution is -0.159. The molecule has 1 heterocycles. The molecule has 0 spiro atoms. The molecule has 6 rings (SSSR count). The van der Waals surface area contributed by atoms with Crippen molar-refractivity contribution in [3.8, 4) is 5.75 Å². The Balaban J connectivity index is 1.16. The molecule has 1 aliphatic heterocycles. The van der Waals surface area contributed by atoms with Crippen LogP contribution in [0.25, 0.3) is 0 Å². The lowest BCUT2D eigenvalue weighted by atomic mass is 9.55. The molecule has 3 aliphatic carbocycles. The zero-order valence-electron chi connectivity index (χ0n) is 21.3. The average Bonchev–Trinajstić information content (AvgIpc) is 3.48. The number of phenolic OH excluding ortho intramolecular Hbond substituents is 1. The Bertz CT molecular complexity index is 1310. The molecule has 2 saturated carbocycles. The maximum atomic E-state index is 13.5. The number of aromatic hydroxyl groups is 1. The van der Waals surface area contributed by atoms with Crippen LogP contribution >= 0.6 is 0 Å². The number of nitrogens with zero attached hydrogens (tertiary/aromatic N) is 1. The average molecular weight is 525 g/mol. The Morgan fingerprint density at radius 3 is 2.62 bits per heavy atom. The number of ether oxygens (including phenoxy) is 1. The topological polar surface area (TPSA) is 110 Å². The monoisotopic (exact) mass is 524 g/mol. The number of rotatable bonds is 4. The Morgan fingerprint density at radius 2 is 1.86 bits per heavy atom. The summed E-state index contributed by atoms with van der Waals surface area (Å²) < 4.78 is 29.6. The van der Waals surface area contributed by atoms with Crippen LogP contribution in [0.3, 0.4) is 0 Å². The van der Waals surface area contributed by atoms with Crippen LogP contribution in [0.4, 0.5) is 5.69 Å². The molecular weight excluding hydrogens is 488 g/mol. The first-order chi connectivity index (χ1) is 17.6. The Kier molecular flexibility index (Phi) is 6.03. The van der Waals surface area contributed by atoms with Crippen LogP contribution in [-0.4, -0.2) is 38.2 Å². The van der Waals surface area contributed by atoms with Gasteiger partial charge in [0.15, 0.2) is 0 Å². The summed E-state index contributed by atoms with van der Waals surface area (Å²) in [6.07, 6.45) is 7.82. The van der Waals surface area contributed by atoms with Gasteiger partial charge in [0.05, 0.1) is 4.90 Å². The highest BCUT2D eigenvalue weighted by atomic mass is 32.2. The molecule has 2 aromatic rings. The second kappa shape index (κ2) is 9.02. The molecule has 0 radical (unpaired) electrons. The van der Waals surface area contributed by atoms with Crippen molar-refractivity contribution in [1.29, 1.82) is 0 Å². The van der Waals surface area contributed by atoms with Crippen LogP contribution < -0.4 is 10.0 Å². The molecule has 3 N–H and O–H groups in total. The highest BCUT2D eigenvalue weighted by molar-refractivity contribution is 7.89. The fourth-order valence-corrected chi connectivity index (χ4v) is 8.60. The van der Waals surface area contributed by atoms with Crippen LogP contribution in [0.5, 0.6) is 5.75 Å². The Morgan fingerprint density at radius 1 is 1.08 bits per heavy atom. The van der Waals surface area contributed by atoms with Crippen LogP contribution in [0, 0.1) is 17.3 Å². The van der Waals surface area contributed by atoms with Crippen molar-refractivity contribution < 1.29 is 23.1 Å². The van der Waals surface area contributed by atoms with Gasteiger partial charge < -0.3 is 14.7 Å². The first-order valence-corrected chi connectivity index (χ1v) is 15.1. The lowest BCUT2D eigenvalue weighted by Gasteiger charge is -2.50. The van der Waals surface area contributed by atoms with Crippen molar-refractivity contribution in [1.82, 2.24) is 0 Å². The summed E-state index contributed by atoms with van der Waals surface area (Å²) in [4.78, 5) is 15.6. The summed E-state index contributed by atoms with van der Waals surface area (Å²) in [7, 11) is -3.76. The van der Waals surface area contributed by atoms with E-state index in [-0.39, 0.29) is 28.4 Å². The highest BCUT2D eigenvalue weighted by Gasteiger charge is 2.56. The van der Waals surface area contributed by atoms with Crippen molar-refractivity contribution in [3.63, 3.8) is 0 Å². The highest BCUT2D eigenvalue weighted by Crippen LogP contribution is 2.61. The number of anilines is 1. The first-order valence-electron chi connectivity index (χ1n) is 13.6. The number of benzene rings is 2. The number of esters is 1. The molecular formula is C29H36N2O5S. The van der Waals surface area contributed by atoms with Crippen LogP contribution in [0.2, 0.25) is 0 Å². The summed E-state index contributed by atoms with van der Waals surface area (Å²) in [5.41, 5.74) is 3.51. The van der Waals surface area contributed by atoms with Crippen molar-refractivity contribution in [3.05, 3.63) is 53.6 Å². The minimum atomic E-state index is -3.76. The number of aryl methyl sites for hydroxylation is 1. The van der Waals surface area contributed by atoms with Gasteiger partial charge in [-0.1, -0.05) is 13.0 Å². The van der Waals surface area contributed by atoms with Crippen molar-refractivity contribution in [2.24, 2.45) is 22.4 Å². The molecule has 0 bridgehead atoms. The summed E-state index contributed by atoms with van der Waals surface area (Å²) in [6, 6.07) is 12.0. The number of carbonyl (C=O) groups excluding carboxylic acids is 1. The smallest absolute Gasteiger partial charge is 0.329 e. The zero-order chi connectivity index (χ0) is 25.9. The summed E-state index contributed by atoms with van der Waals surface area (Å²) in [5, 5.41) is 15.2. The molecule has 1 saturated heterocycles. The van der Waals surface area contributed by atoms with Crippen LogP contribution in [-0.2, 0) is 26.0 Å². The minimum Gasteiger partial charge on any atom is -0.508 e. The van der Waals surface area contributed by atoms with E-state index in [2.05, 4.69) is 13.0 Å². The van der Waals surface area contributed by atoms with Gasteiger partial charge in [-0.05, 0) is 117 Å². The third-order valence-electron chi connectivity index (χ3n) is 9.90. The first kappa shape index (κ1) is 24.7. The number of carbonyl (C=O) groups is 1. The van der Waals surface area contributed by atoms with E-state index < -0.39 is 10.0 Å². The molecule has 0 unspecified atom stereocenters. The summed E-state index contributed by atoms with van der Waals surface area (Å²) in [6.45, 7) is 3.07. The van der Waals surface area contributed by atoms with Gasteiger partial charge in [0.1, 0.15) is 17.9 Å². The quantitative estimate of drug-likeness (QED) is 0.571. The van der Waals surface area contributed by atoms with E-state index >= 15 is 0 Å². The molecule has 3 fully saturated rings. The van der Waals surface area contributed by atoms with Gasteiger partial charge >= 0.3 is 5.97 Å². The van der Waals surface area contributed by atoms with Crippen molar-refractivity contribution in [2.45, 2.75) is 81.2 Å².